The quantitative estimate of drug-likeness (QED) is 0.692. The summed E-state index contributed by atoms with van der Waals surface area (Å²) < 4.78 is 33.2. The van der Waals surface area contributed by atoms with E-state index in [4.69, 9.17) is 4.74 Å². The molecule has 1 heterocycles. The Bertz CT molecular complexity index is 961. The lowest BCUT2D eigenvalue weighted by Gasteiger charge is -2.22. The third-order valence-corrected chi connectivity index (χ3v) is 7.41. The van der Waals surface area contributed by atoms with E-state index < -0.39 is 10.0 Å². The van der Waals surface area contributed by atoms with Crippen LogP contribution in [0.5, 0.6) is 5.75 Å². The summed E-state index contributed by atoms with van der Waals surface area (Å²) in [5.74, 6) is 0.463. The Morgan fingerprint density at radius 2 is 1.75 bits per heavy atom. The van der Waals surface area contributed by atoms with Gasteiger partial charge in [-0.05, 0) is 59.6 Å². The monoisotopic (exact) mass is 466 g/mol. The van der Waals surface area contributed by atoms with E-state index in [9.17, 15) is 13.2 Å². The molecular formula is C20H23BrN2O4S. The van der Waals surface area contributed by atoms with E-state index in [1.807, 2.05) is 6.92 Å². The largest absolute Gasteiger partial charge is 0.497 e. The first-order valence-electron chi connectivity index (χ1n) is 9.02. The zero-order valence-electron chi connectivity index (χ0n) is 15.9. The molecule has 1 fully saturated rings. The van der Waals surface area contributed by atoms with Crippen LogP contribution in [0.15, 0.2) is 51.8 Å². The number of benzene rings is 2. The number of hydrogen-bond donors (Lipinski definition) is 0. The van der Waals surface area contributed by atoms with Crippen molar-refractivity contribution in [2.45, 2.75) is 18.2 Å². The van der Waals surface area contributed by atoms with Gasteiger partial charge in [-0.2, -0.15) is 4.31 Å². The molecule has 0 saturated carbocycles. The van der Waals surface area contributed by atoms with E-state index in [1.54, 1.807) is 54.5 Å². The normalized spacial score (nSPS) is 15.9. The van der Waals surface area contributed by atoms with Gasteiger partial charge in [0.1, 0.15) is 5.75 Å². The molecule has 0 aliphatic carbocycles. The predicted octanol–water partition coefficient (Wildman–Crippen LogP) is 3.30. The molecule has 3 rings (SSSR count). The standard InChI is InChI=1S/C20H23BrN2O4S/c1-15-4-7-17(8-5-15)28(25,26)23-11-3-10-22(12-13-23)20(24)18-14-16(27-2)6-9-19(18)21/h4-9,14H,3,10-13H2,1-2H3. The second-order valence-electron chi connectivity index (χ2n) is 6.71. The highest BCUT2D eigenvalue weighted by molar-refractivity contribution is 9.10. The molecule has 8 heteroatoms. The van der Waals surface area contributed by atoms with Crippen LogP contribution in [0.2, 0.25) is 0 Å². The van der Waals surface area contributed by atoms with Crippen LogP contribution in [-0.4, -0.2) is 56.8 Å². The van der Waals surface area contributed by atoms with Crippen LogP contribution in [0.3, 0.4) is 0 Å². The van der Waals surface area contributed by atoms with Crippen LogP contribution < -0.4 is 4.74 Å². The fraction of sp³-hybridized carbons (Fsp3) is 0.350. The topological polar surface area (TPSA) is 66.9 Å². The van der Waals surface area contributed by atoms with E-state index in [1.165, 1.54) is 4.31 Å². The van der Waals surface area contributed by atoms with Crippen molar-refractivity contribution in [3.8, 4) is 5.75 Å². The second kappa shape index (κ2) is 8.63. The van der Waals surface area contributed by atoms with E-state index >= 15 is 0 Å². The first-order chi connectivity index (χ1) is 13.3. The number of nitrogens with zero attached hydrogens (tertiary/aromatic N) is 2. The summed E-state index contributed by atoms with van der Waals surface area (Å²) in [5.41, 5.74) is 1.52. The summed E-state index contributed by atoms with van der Waals surface area (Å²) in [6, 6.07) is 12.1. The Labute approximate surface area is 174 Å². The van der Waals surface area contributed by atoms with Gasteiger partial charge in [0.25, 0.3) is 5.91 Å². The lowest BCUT2D eigenvalue weighted by molar-refractivity contribution is 0.0763. The summed E-state index contributed by atoms with van der Waals surface area (Å²) in [7, 11) is -2.02. The fourth-order valence-electron chi connectivity index (χ4n) is 3.16. The molecule has 0 unspecified atom stereocenters. The molecule has 28 heavy (non-hydrogen) atoms. The zero-order chi connectivity index (χ0) is 20.3. The molecule has 2 aromatic rings. The molecule has 0 N–H and O–H groups in total. The van der Waals surface area contributed by atoms with Gasteiger partial charge in [0.15, 0.2) is 0 Å². The van der Waals surface area contributed by atoms with Crippen molar-refractivity contribution in [3.05, 3.63) is 58.1 Å². The number of ether oxygens (including phenoxy) is 1. The first kappa shape index (κ1) is 20.8. The van der Waals surface area contributed by atoms with Crippen molar-refractivity contribution in [1.29, 1.82) is 0 Å². The Morgan fingerprint density at radius 3 is 2.43 bits per heavy atom. The molecule has 1 aliphatic heterocycles. The highest BCUT2D eigenvalue weighted by atomic mass is 79.9. The van der Waals surface area contributed by atoms with Crippen molar-refractivity contribution >= 4 is 31.9 Å². The number of halogens is 1. The lowest BCUT2D eigenvalue weighted by atomic mass is 10.2. The van der Waals surface area contributed by atoms with Crippen molar-refractivity contribution in [1.82, 2.24) is 9.21 Å². The van der Waals surface area contributed by atoms with Crippen LogP contribution >= 0.6 is 15.9 Å². The maximum Gasteiger partial charge on any atom is 0.255 e. The number of methoxy groups -OCH3 is 1. The molecular weight excluding hydrogens is 444 g/mol. The molecule has 0 aromatic heterocycles. The molecule has 1 amide bonds. The number of amides is 1. The number of carbonyl (C=O) groups is 1. The average molecular weight is 467 g/mol. The SMILES string of the molecule is COc1ccc(Br)c(C(=O)N2CCCN(S(=O)(=O)c3ccc(C)cc3)CC2)c1. The molecule has 1 aliphatic rings. The van der Waals surface area contributed by atoms with Crippen LogP contribution in [-0.2, 0) is 10.0 Å². The van der Waals surface area contributed by atoms with E-state index in [2.05, 4.69) is 15.9 Å². The van der Waals surface area contributed by atoms with Gasteiger partial charge in [-0.15, -0.1) is 0 Å². The third-order valence-electron chi connectivity index (χ3n) is 4.80. The number of aryl methyl sites for hydroxylation is 1. The van der Waals surface area contributed by atoms with Crippen molar-refractivity contribution in [3.63, 3.8) is 0 Å². The summed E-state index contributed by atoms with van der Waals surface area (Å²) in [5, 5.41) is 0. The highest BCUT2D eigenvalue weighted by Crippen LogP contribution is 2.25. The maximum atomic E-state index is 13.0. The minimum Gasteiger partial charge on any atom is -0.497 e. The van der Waals surface area contributed by atoms with Gasteiger partial charge in [-0.25, -0.2) is 8.42 Å². The van der Waals surface area contributed by atoms with Gasteiger partial charge in [0.05, 0.1) is 17.6 Å². The van der Waals surface area contributed by atoms with Gasteiger partial charge in [0, 0.05) is 30.7 Å². The lowest BCUT2D eigenvalue weighted by Crippen LogP contribution is -2.37. The summed E-state index contributed by atoms with van der Waals surface area (Å²) in [6.07, 6.45) is 0.582. The van der Waals surface area contributed by atoms with Crippen LogP contribution in [0.1, 0.15) is 22.3 Å². The predicted molar refractivity (Wildman–Crippen MR) is 111 cm³/mol. The summed E-state index contributed by atoms with van der Waals surface area (Å²) in [6.45, 7) is 3.42. The van der Waals surface area contributed by atoms with Crippen LogP contribution in [0, 0.1) is 6.92 Å². The van der Waals surface area contributed by atoms with Gasteiger partial charge >= 0.3 is 0 Å². The van der Waals surface area contributed by atoms with Crippen molar-refractivity contribution in [2.75, 3.05) is 33.3 Å². The maximum absolute atomic E-state index is 13.0. The molecule has 0 spiro atoms. The Balaban J connectivity index is 1.76. The number of sulfonamides is 1. The summed E-state index contributed by atoms with van der Waals surface area (Å²) in [4.78, 5) is 15.0. The van der Waals surface area contributed by atoms with E-state index in [0.29, 0.717) is 41.8 Å². The van der Waals surface area contributed by atoms with E-state index in [-0.39, 0.29) is 17.3 Å². The Hall–Kier alpha value is -1.90. The fourth-order valence-corrected chi connectivity index (χ4v) is 5.05. The van der Waals surface area contributed by atoms with Gasteiger partial charge in [0.2, 0.25) is 10.0 Å². The average Bonchev–Trinajstić information content (AvgIpc) is 2.95. The molecule has 150 valence electrons. The molecule has 0 atom stereocenters. The number of rotatable bonds is 4. The molecule has 0 radical (unpaired) electrons. The first-order valence-corrected chi connectivity index (χ1v) is 11.3. The molecule has 2 aromatic carbocycles. The zero-order valence-corrected chi connectivity index (χ0v) is 18.3. The second-order valence-corrected chi connectivity index (χ2v) is 9.50. The van der Waals surface area contributed by atoms with Crippen molar-refractivity contribution in [2.24, 2.45) is 0 Å². The molecule has 6 nitrogen and oxygen atoms in total. The van der Waals surface area contributed by atoms with E-state index in [0.717, 1.165) is 5.56 Å². The molecule has 1 saturated heterocycles. The van der Waals surface area contributed by atoms with Crippen molar-refractivity contribution < 1.29 is 17.9 Å². The third kappa shape index (κ3) is 4.39. The highest BCUT2D eigenvalue weighted by Gasteiger charge is 2.29. The van der Waals surface area contributed by atoms with Crippen LogP contribution in [0.4, 0.5) is 0 Å². The number of carbonyl (C=O) groups excluding carboxylic acids is 1. The number of hydrogen-bond acceptors (Lipinski definition) is 4. The summed E-state index contributed by atoms with van der Waals surface area (Å²) >= 11 is 3.42. The van der Waals surface area contributed by atoms with Crippen LogP contribution in [0.25, 0.3) is 0 Å². The molecule has 0 bridgehead atoms. The van der Waals surface area contributed by atoms with Gasteiger partial charge < -0.3 is 9.64 Å². The van der Waals surface area contributed by atoms with Gasteiger partial charge in [-0.3, -0.25) is 4.79 Å². The Morgan fingerprint density at radius 1 is 1.04 bits per heavy atom. The smallest absolute Gasteiger partial charge is 0.255 e. The minimum atomic E-state index is -3.57. The Kier molecular flexibility index (Phi) is 6.42. The minimum absolute atomic E-state index is 0.139. The van der Waals surface area contributed by atoms with Gasteiger partial charge in [-0.1, -0.05) is 17.7 Å².